The third-order valence-electron chi connectivity index (χ3n) is 7.07. The first-order chi connectivity index (χ1) is 15.6. The molecule has 3 aliphatic heterocycles. The first-order valence-corrected chi connectivity index (χ1v) is 11.8. The number of hydrogen-bond donors (Lipinski definition) is 1. The number of carbonyl (C=O) groups is 1. The smallest absolute Gasteiger partial charge is 0.254 e. The van der Waals surface area contributed by atoms with Gasteiger partial charge in [0.1, 0.15) is 0 Å². The lowest BCUT2D eigenvalue weighted by molar-refractivity contribution is 0.0493. The highest BCUT2D eigenvalue weighted by atomic mass is 16.5. The highest BCUT2D eigenvalue weighted by Gasteiger charge is 2.28. The molecular weight excluding hydrogens is 402 g/mol. The van der Waals surface area contributed by atoms with E-state index in [2.05, 4.69) is 53.1 Å². The number of aliphatic hydroxyl groups is 1. The summed E-state index contributed by atoms with van der Waals surface area (Å²) >= 11 is 0. The molecule has 0 aliphatic carbocycles. The number of morpholine rings is 1. The van der Waals surface area contributed by atoms with Crippen molar-refractivity contribution >= 4 is 11.6 Å². The van der Waals surface area contributed by atoms with E-state index in [9.17, 15) is 9.90 Å². The van der Waals surface area contributed by atoms with Gasteiger partial charge in [-0.05, 0) is 54.7 Å². The van der Waals surface area contributed by atoms with Gasteiger partial charge in [-0.2, -0.15) is 0 Å². The Kier molecular flexibility index (Phi) is 6.17. The highest BCUT2D eigenvalue weighted by Crippen LogP contribution is 2.27. The summed E-state index contributed by atoms with van der Waals surface area (Å²) in [7, 11) is 0. The van der Waals surface area contributed by atoms with Crippen molar-refractivity contribution in [1.82, 2.24) is 9.80 Å². The van der Waals surface area contributed by atoms with Crippen molar-refractivity contribution in [2.24, 2.45) is 0 Å². The second kappa shape index (κ2) is 9.22. The van der Waals surface area contributed by atoms with Crippen LogP contribution in [-0.2, 0) is 24.1 Å². The molecule has 0 aromatic heterocycles. The molecule has 2 aromatic rings. The minimum Gasteiger partial charge on any atom is -0.390 e. The number of rotatable bonds is 5. The quantitative estimate of drug-likeness (QED) is 0.781. The number of nitrogens with zero attached hydrogens (tertiary/aromatic N) is 3. The molecule has 5 rings (SSSR count). The molecule has 1 fully saturated rings. The number of amides is 1. The molecule has 2 unspecified atom stereocenters. The minimum absolute atomic E-state index is 0.0378. The molecule has 6 nitrogen and oxygen atoms in total. The van der Waals surface area contributed by atoms with Gasteiger partial charge in [0.15, 0.2) is 0 Å². The fourth-order valence-electron chi connectivity index (χ4n) is 5.31. The molecule has 0 saturated carbocycles. The van der Waals surface area contributed by atoms with Crippen molar-refractivity contribution in [1.29, 1.82) is 0 Å². The van der Waals surface area contributed by atoms with E-state index >= 15 is 0 Å². The molecule has 1 N–H and O–H groups in total. The zero-order valence-electron chi connectivity index (χ0n) is 18.9. The van der Waals surface area contributed by atoms with Crippen molar-refractivity contribution in [2.75, 3.05) is 50.8 Å². The number of ether oxygens (including phenoxy) is 1. The van der Waals surface area contributed by atoms with Gasteiger partial charge in [-0.1, -0.05) is 24.3 Å². The molecular formula is C26H33N3O3. The van der Waals surface area contributed by atoms with E-state index in [4.69, 9.17) is 4.74 Å². The van der Waals surface area contributed by atoms with Crippen LogP contribution >= 0.6 is 0 Å². The predicted octanol–water partition coefficient (Wildman–Crippen LogP) is 2.33. The number of aliphatic hydroxyl groups excluding tert-OH is 1. The van der Waals surface area contributed by atoms with Crippen LogP contribution < -0.4 is 4.90 Å². The van der Waals surface area contributed by atoms with E-state index in [0.717, 1.165) is 56.8 Å². The Hall–Kier alpha value is -2.41. The summed E-state index contributed by atoms with van der Waals surface area (Å²) in [5, 5.41) is 10.8. The number of anilines is 1. The average molecular weight is 436 g/mol. The zero-order valence-corrected chi connectivity index (χ0v) is 18.9. The van der Waals surface area contributed by atoms with Crippen molar-refractivity contribution in [3.63, 3.8) is 0 Å². The topological polar surface area (TPSA) is 56.2 Å². The molecule has 2 atom stereocenters. The normalized spacial score (nSPS) is 22.4. The molecule has 1 amide bonds. The van der Waals surface area contributed by atoms with E-state index in [-0.39, 0.29) is 5.91 Å². The van der Waals surface area contributed by atoms with Gasteiger partial charge in [0.25, 0.3) is 5.91 Å². The molecule has 170 valence electrons. The Labute approximate surface area is 190 Å². The maximum atomic E-state index is 13.1. The van der Waals surface area contributed by atoms with Crippen LogP contribution in [0.3, 0.4) is 0 Å². The van der Waals surface area contributed by atoms with Crippen LogP contribution in [0, 0.1) is 0 Å². The molecule has 3 heterocycles. The van der Waals surface area contributed by atoms with Gasteiger partial charge in [0.2, 0.25) is 0 Å². The maximum absolute atomic E-state index is 13.1. The number of carbonyl (C=O) groups excluding carboxylic acids is 1. The molecule has 6 heteroatoms. The largest absolute Gasteiger partial charge is 0.390 e. The van der Waals surface area contributed by atoms with Crippen LogP contribution in [0.4, 0.5) is 5.69 Å². The summed E-state index contributed by atoms with van der Waals surface area (Å²) in [5.74, 6) is 0.0378. The third kappa shape index (κ3) is 4.40. The van der Waals surface area contributed by atoms with Crippen LogP contribution in [-0.4, -0.2) is 78.9 Å². The molecule has 0 bridgehead atoms. The minimum atomic E-state index is -0.542. The number of hydrogen-bond acceptors (Lipinski definition) is 5. The van der Waals surface area contributed by atoms with E-state index in [1.54, 1.807) is 0 Å². The standard InChI is InChI=1S/C26H33N3O3/c1-19-18-32-13-12-29(19)23-6-7-25-21(14-23)9-11-28(26(25)31)17-24(30)16-27-10-8-20-4-2-3-5-22(20)15-27/h2-7,14,19,24,30H,8-13,15-18H2,1H3. The maximum Gasteiger partial charge on any atom is 0.254 e. The Balaban J connectivity index is 1.20. The SMILES string of the molecule is CC1COCCN1c1ccc2c(c1)CCN(CC(O)CN1CCc3ccccc3C1)C2=O. The van der Waals surface area contributed by atoms with Crippen molar-refractivity contribution < 1.29 is 14.6 Å². The first-order valence-electron chi connectivity index (χ1n) is 11.8. The number of β-amino-alcohol motifs (C(OH)–C–C–N with tert-alkyl or cyclic N) is 1. The van der Waals surface area contributed by atoms with Gasteiger partial charge in [-0.3, -0.25) is 9.69 Å². The van der Waals surface area contributed by atoms with Crippen LogP contribution in [0.15, 0.2) is 42.5 Å². The summed E-state index contributed by atoms with van der Waals surface area (Å²) in [6.45, 7) is 8.01. The number of fused-ring (bicyclic) bond motifs is 2. The van der Waals surface area contributed by atoms with Gasteiger partial charge in [0, 0.05) is 56.6 Å². The van der Waals surface area contributed by atoms with Gasteiger partial charge < -0.3 is 19.6 Å². The van der Waals surface area contributed by atoms with Gasteiger partial charge in [-0.15, -0.1) is 0 Å². The molecule has 1 saturated heterocycles. The lowest BCUT2D eigenvalue weighted by atomic mass is 9.97. The van der Waals surface area contributed by atoms with E-state index in [1.165, 1.54) is 16.8 Å². The third-order valence-corrected chi connectivity index (χ3v) is 7.07. The summed E-state index contributed by atoms with van der Waals surface area (Å²) in [6.07, 6.45) is 1.31. The molecule has 0 radical (unpaired) electrons. The second-order valence-electron chi connectivity index (χ2n) is 9.37. The monoisotopic (exact) mass is 435 g/mol. The second-order valence-corrected chi connectivity index (χ2v) is 9.37. The fraction of sp³-hybridized carbons (Fsp3) is 0.500. The summed E-state index contributed by atoms with van der Waals surface area (Å²) in [6, 6.07) is 15.1. The van der Waals surface area contributed by atoms with Crippen molar-refractivity contribution in [3.05, 3.63) is 64.7 Å². The van der Waals surface area contributed by atoms with E-state index < -0.39 is 6.10 Å². The van der Waals surface area contributed by atoms with Crippen LogP contribution in [0.1, 0.15) is 34.0 Å². The van der Waals surface area contributed by atoms with Crippen LogP contribution in [0.5, 0.6) is 0 Å². The van der Waals surface area contributed by atoms with Gasteiger partial charge in [-0.25, -0.2) is 0 Å². The lowest BCUT2D eigenvalue weighted by Crippen LogP contribution is -2.46. The first kappa shape index (κ1) is 21.4. The van der Waals surface area contributed by atoms with E-state index in [0.29, 0.717) is 25.7 Å². The molecule has 2 aromatic carbocycles. The van der Waals surface area contributed by atoms with Crippen LogP contribution in [0.2, 0.25) is 0 Å². The van der Waals surface area contributed by atoms with Gasteiger partial charge >= 0.3 is 0 Å². The van der Waals surface area contributed by atoms with Crippen molar-refractivity contribution in [3.8, 4) is 0 Å². The van der Waals surface area contributed by atoms with Gasteiger partial charge in [0.05, 0.1) is 19.3 Å². The Morgan fingerprint density at radius 1 is 1.03 bits per heavy atom. The van der Waals surface area contributed by atoms with E-state index in [1.807, 2.05) is 11.0 Å². The summed E-state index contributed by atoms with van der Waals surface area (Å²) in [5.41, 5.74) is 5.82. The fourth-order valence-corrected chi connectivity index (χ4v) is 5.31. The molecule has 0 spiro atoms. The molecule has 32 heavy (non-hydrogen) atoms. The summed E-state index contributed by atoms with van der Waals surface area (Å²) in [4.78, 5) is 19.6. The zero-order chi connectivity index (χ0) is 22.1. The Morgan fingerprint density at radius 3 is 2.69 bits per heavy atom. The predicted molar refractivity (Wildman–Crippen MR) is 125 cm³/mol. The Bertz CT molecular complexity index is 979. The highest BCUT2D eigenvalue weighted by molar-refractivity contribution is 5.97. The number of benzene rings is 2. The van der Waals surface area contributed by atoms with Crippen molar-refractivity contribution in [2.45, 2.75) is 38.5 Å². The Morgan fingerprint density at radius 2 is 1.84 bits per heavy atom. The summed E-state index contributed by atoms with van der Waals surface area (Å²) < 4.78 is 5.56. The molecule has 3 aliphatic rings. The van der Waals surface area contributed by atoms with Crippen LogP contribution in [0.25, 0.3) is 0 Å². The average Bonchev–Trinajstić information content (AvgIpc) is 2.81. The lowest BCUT2D eigenvalue weighted by Gasteiger charge is -2.37.